The third-order valence-electron chi connectivity index (χ3n) is 4.96. The van der Waals surface area contributed by atoms with Gasteiger partial charge in [-0.05, 0) is 53.8 Å². The van der Waals surface area contributed by atoms with Gasteiger partial charge in [0.05, 0.1) is 17.2 Å². The summed E-state index contributed by atoms with van der Waals surface area (Å²) in [5.74, 6) is -1.20. The van der Waals surface area contributed by atoms with Crippen LogP contribution in [0, 0.1) is 0 Å². The molecule has 31 heavy (non-hydrogen) atoms. The number of halogens is 6. The van der Waals surface area contributed by atoms with Gasteiger partial charge in [-0.15, -0.1) is 0 Å². The molecule has 1 aliphatic carbocycles. The van der Waals surface area contributed by atoms with Gasteiger partial charge in [0.1, 0.15) is 0 Å². The number of allylic oxidation sites excluding steroid dienone is 2. The number of nitrogens with one attached hydrogen (secondary N) is 1. The fraction of sp³-hybridized carbons (Fsp3) is 0.273. The second-order valence-electron chi connectivity index (χ2n) is 7.20. The van der Waals surface area contributed by atoms with Crippen LogP contribution in [0.5, 0.6) is 0 Å². The highest BCUT2D eigenvalue weighted by molar-refractivity contribution is 6.09. The minimum Gasteiger partial charge on any atom is -0.350 e. The van der Waals surface area contributed by atoms with E-state index in [1.807, 2.05) is 0 Å². The molecule has 0 saturated heterocycles. The van der Waals surface area contributed by atoms with Crippen LogP contribution in [0.25, 0.3) is 5.57 Å². The maximum Gasteiger partial charge on any atom is 0.417 e. The van der Waals surface area contributed by atoms with Crippen molar-refractivity contribution >= 4 is 17.3 Å². The lowest BCUT2D eigenvalue weighted by molar-refractivity contribution is -0.137. The third-order valence-corrected chi connectivity index (χ3v) is 4.96. The summed E-state index contributed by atoms with van der Waals surface area (Å²) < 4.78 is 79.4. The van der Waals surface area contributed by atoms with Gasteiger partial charge in [0.25, 0.3) is 0 Å². The van der Waals surface area contributed by atoms with E-state index in [1.54, 1.807) is 6.07 Å². The number of benzene rings is 2. The monoisotopic (exact) mass is 441 g/mol. The molecule has 1 N–H and O–H groups in total. The number of rotatable bonds is 4. The fourth-order valence-electron chi connectivity index (χ4n) is 3.57. The molecule has 0 saturated carbocycles. The van der Waals surface area contributed by atoms with Crippen molar-refractivity contribution in [1.82, 2.24) is 5.32 Å². The van der Waals surface area contributed by atoms with Crippen molar-refractivity contribution in [1.29, 1.82) is 0 Å². The lowest BCUT2D eigenvalue weighted by atomic mass is 9.97. The summed E-state index contributed by atoms with van der Waals surface area (Å²) in [5, 5.41) is 2.76. The third kappa shape index (κ3) is 5.15. The molecule has 0 bridgehead atoms. The number of carbonyl (C=O) groups excluding carboxylic acids is 2. The molecule has 1 amide bonds. The zero-order valence-electron chi connectivity index (χ0n) is 16.2. The summed E-state index contributed by atoms with van der Waals surface area (Å²) in [7, 11) is 0. The van der Waals surface area contributed by atoms with Crippen LogP contribution >= 0.6 is 0 Å². The summed E-state index contributed by atoms with van der Waals surface area (Å²) in [5.41, 5.74) is -1.96. The second-order valence-corrected chi connectivity index (χ2v) is 7.20. The van der Waals surface area contributed by atoms with E-state index >= 15 is 0 Å². The molecule has 1 aliphatic rings. The lowest BCUT2D eigenvalue weighted by Gasteiger charge is -2.15. The molecule has 3 nitrogen and oxygen atoms in total. The molecule has 0 radical (unpaired) electrons. The molecular weight excluding hydrogens is 424 g/mol. The summed E-state index contributed by atoms with van der Waals surface area (Å²) >= 11 is 0. The minimum atomic E-state index is -5.03. The van der Waals surface area contributed by atoms with Crippen LogP contribution in [0.15, 0.2) is 48.5 Å². The van der Waals surface area contributed by atoms with Crippen LogP contribution in [0.2, 0.25) is 0 Å². The highest BCUT2D eigenvalue weighted by Crippen LogP contribution is 2.38. The highest BCUT2D eigenvalue weighted by Gasteiger charge is 2.37. The Bertz CT molecular complexity index is 1050. The van der Waals surface area contributed by atoms with Crippen molar-refractivity contribution in [2.45, 2.75) is 38.2 Å². The number of hydrogen-bond acceptors (Lipinski definition) is 2. The van der Waals surface area contributed by atoms with Crippen molar-refractivity contribution in [2.75, 3.05) is 0 Å². The molecule has 9 heteroatoms. The molecule has 1 atom stereocenters. The van der Waals surface area contributed by atoms with E-state index < -0.39 is 34.8 Å². The first-order chi connectivity index (χ1) is 14.4. The highest BCUT2D eigenvalue weighted by atomic mass is 19.4. The van der Waals surface area contributed by atoms with Crippen LogP contribution in [0.1, 0.15) is 52.0 Å². The molecule has 0 heterocycles. The Morgan fingerprint density at radius 1 is 1.00 bits per heavy atom. The number of ketones is 1. The molecule has 0 aromatic heterocycles. The molecular formula is C22H17F6NO2. The summed E-state index contributed by atoms with van der Waals surface area (Å²) in [6, 6.07) is 6.90. The van der Waals surface area contributed by atoms with Crippen LogP contribution in [-0.2, 0) is 17.4 Å². The first-order valence-corrected chi connectivity index (χ1v) is 9.27. The molecule has 164 valence electrons. The molecule has 0 aliphatic heterocycles. The maximum absolute atomic E-state index is 13.6. The Morgan fingerprint density at radius 2 is 1.71 bits per heavy atom. The van der Waals surface area contributed by atoms with Crippen LogP contribution in [0.3, 0.4) is 0 Å². The van der Waals surface area contributed by atoms with Gasteiger partial charge in [0, 0.05) is 12.5 Å². The van der Waals surface area contributed by atoms with E-state index in [4.69, 9.17) is 0 Å². The van der Waals surface area contributed by atoms with Crippen LogP contribution in [0.4, 0.5) is 26.3 Å². The standard InChI is InChI=1S/C22H17F6NO2/c1-12(30)29-19-8-6-13-9-15(5-7-17(13)19)20(31)11-18(22(26,27)28)14-3-2-4-16(10-14)21(23,24)25/h2-5,7,9-11,19H,6,8H2,1H3,(H,29,30). The summed E-state index contributed by atoms with van der Waals surface area (Å²) in [6.45, 7) is 1.37. The van der Waals surface area contributed by atoms with Gasteiger partial charge in [-0.25, -0.2) is 0 Å². The van der Waals surface area contributed by atoms with Crippen molar-refractivity contribution in [2.24, 2.45) is 0 Å². The smallest absolute Gasteiger partial charge is 0.350 e. The van der Waals surface area contributed by atoms with E-state index in [1.165, 1.54) is 19.1 Å². The number of carbonyl (C=O) groups is 2. The molecule has 2 aromatic carbocycles. The van der Waals surface area contributed by atoms with Crippen molar-refractivity contribution in [3.8, 4) is 0 Å². The first kappa shape index (κ1) is 22.6. The maximum atomic E-state index is 13.6. The lowest BCUT2D eigenvalue weighted by Crippen LogP contribution is -2.24. The fourth-order valence-corrected chi connectivity index (χ4v) is 3.57. The van der Waals surface area contributed by atoms with Gasteiger partial charge in [-0.1, -0.05) is 24.3 Å². The van der Waals surface area contributed by atoms with E-state index in [2.05, 4.69) is 5.32 Å². The van der Waals surface area contributed by atoms with Gasteiger partial charge in [0.2, 0.25) is 5.91 Å². The second kappa shape index (κ2) is 8.20. The van der Waals surface area contributed by atoms with Crippen LogP contribution in [-0.4, -0.2) is 17.9 Å². The SMILES string of the molecule is CC(=O)NC1CCc2cc(C(=O)C=C(c3cccc(C(F)(F)F)c3)C(F)(F)F)ccc21. The number of alkyl halides is 6. The Hall–Kier alpha value is -3.10. The molecule has 0 fully saturated rings. The minimum absolute atomic E-state index is 0.0176. The number of fused-ring (bicyclic) bond motifs is 1. The van der Waals surface area contributed by atoms with Gasteiger partial charge < -0.3 is 5.32 Å². The van der Waals surface area contributed by atoms with Gasteiger partial charge in [0.15, 0.2) is 5.78 Å². The van der Waals surface area contributed by atoms with Gasteiger partial charge in [-0.2, -0.15) is 26.3 Å². The zero-order valence-corrected chi connectivity index (χ0v) is 16.2. The normalized spacial score (nSPS) is 16.7. The summed E-state index contributed by atoms with van der Waals surface area (Å²) in [6.07, 6.45) is -8.41. The predicted molar refractivity (Wildman–Crippen MR) is 101 cm³/mol. The quantitative estimate of drug-likeness (QED) is 0.378. The first-order valence-electron chi connectivity index (χ1n) is 9.27. The van der Waals surface area contributed by atoms with Gasteiger partial charge in [-0.3, -0.25) is 9.59 Å². The number of aryl methyl sites for hydroxylation is 1. The Labute approximate surface area is 173 Å². The average molecular weight is 441 g/mol. The van der Waals surface area contributed by atoms with E-state index in [0.717, 1.165) is 23.3 Å². The Morgan fingerprint density at radius 3 is 2.32 bits per heavy atom. The topological polar surface area (TPSA) is 46.2 Å². The van der Waals surface area contributed by atoms with Gasteiger partial charge >= 0.3 is 12.4 Å². The van der Waals surface area contributed by atoms with E-state index in [9.17, 15) is 35.9 Å². The Balaban J connectivity index is 1.96. The van der Waals surface area contributed by atoms with Crippen LogP contribution < -0.4 is 5.32 Å². The largest absolute Gasteiger partial charge is 0.417 e. The molecule has 0 spiro atoms. The van der Waals surface area contributed by atoms with Crippen molar-refractivity contribution < 1.29 is 35.9 Å². The summed E-state index contributed by atoms with van der Waals surface area (Å²) in [4.78, 5) is 23.8. The molecule has 1 unspecified atom stereocenters. The zero-order chi connectivity index (χ0) is 23.0. The molecule has 3 rings (SSSR count). The van der Waals surface area contributed by atoms with Crippen molar-refractivity contribution in [3.05, 3.63) is 76.4 Å². The van der Waals surface area contributed by atoms with E-state index in [0.29, 0.717) is 31.1 Å². The number of hydrogen-bond donors (Lipinski definition) is 1. The van der Waals surface area contributed by atoms with E-state index in [-0.39, 0.29) is 17.5 Å². The average Bonchev–Trinajstić information content (AvgIpc) is 3.06. The Kier molecular flexibility index (Phi) is 5.98. The number of amides is 1. The molecule has 2 aromatic rings. The predicted octanol–water partition coefficient (Wildman–Crippen LogP) is 5.66. The van der Waals surface area contributed by atoms with Crippen molar-refractivity contribution in [3.63, 3.8) is 0 Å².